The summed E-state index contributed by atoms with van der Waals surface area (Å²) < 4.78 is 40.6. The minimum Gasteiger partial charge on any atom is -0.331 e. The first-order valence-corrected chi connectivity index (χ1v) is 7.57. The largest absolute Gasteiger partial charge is 0.331 e. The van der Waals surface area contributed by atoms with E-state index in [1.165, 1.54) is 11.0 Å². The van der Waals surface area contributed by atoms with Crippen molar-refractivity contribution in [1.29, 1.82) is 0 Å². The van der Waals surface area contributed by atoms with Gasteiger partial charge in [-0.1, -0.05) is 29.8 Å². The van der Waals surface area contributed by atoms with E-state index >= 15 is 0 Å². The van der Waals surface area contributed by atoms with Gasteiger partial charge in [0.25, 0.3) is 5.91 Å². The number of carbonyl (C=O) groups is 1. The lowest BCUT2D eigenvalue weighted by atomic mass is 10.0. The fourth-order valence-electron chi connectivity index (χ4n) is 2.92. The number of amides is 1. The van der Waals surface area contributed by atoms with E-state index in [4.69, 9.17) is 11.6 Å². The van der Waals surface area contributed by atoms with Crippen LogP contribution in [0.4, 0.5) is 13.2 Å². The highest BCUT2D eigenvalue weighted by Crippen LogP contribution is 2.35. The van der Waals surface area contributed by atoms with Gasteiger partial charge < -0.3 is 4.90 Å². The number of likely N-dealkylation sites (tertiary alicyclic amines) is 1. The van der Waals surface area contributed by atoms with Gasteiger partial charge in [-0.15, -0.1) is 0 Å². The Bertz CT molecular complexity index is 765. The van der Waals surface area contributed by atoms with E-state index in [0.29, 0.717) is 24.9 Å². The summed E-state index contributed by atoms with van der Waals surface area (Å²) in [6, 6.07) is 7.36. The molecule has 2 nitrogen and oxygen atoms in total. The molecule has 2 aromatic carbocycles. The summed E-state index contributed by atoms with van der Waals surface area (Å²) in [7, 11) is 0. The molecule has 6 heteroatoms. The Morgan fingerprint density at radius 1 is 1.09 bits per heavy atom. The Morgan fingerprint density at radius 2 is 1.78 bits per heavy atom. The third-order valence-corrected chi connectivity index (χ3v) is 4.33. The molecule has 23 heavy (non-hydrogen) atoms. The first-order chi connectivity index (χ1) is 11.0. The summed E-state index contributed by atoms with van der Waals surface area (Å²) in [5, 5.41) is -0.159. The zero-order chi connectivity index (χ0) is 16.6. The molecule has 120 valence electrons. The molecule has 1 aliphatic rings. The molecule has 0 aliphatic carbocycles. The van der Waals surface area contributed by atoms with Gasteiger partial charge in [-0.2, -0.15) is 0 Å². The molecule has 0 aromatic heterocycles. The van der Waals surface area contributed by atoms with Crippen LogP contribution in [0.2, 0.25) is 5.02 Å². The van der Waals surface area contributed by atoms with Crippen molar-refractivity contribution in [3.8, 4) is 0 Å². The van der Waals surface area contributed by atoms with Crippen molar-refractivity contribution in [2.75, 3.05) is 6.54 Å². The summed E-state index contributed by atoms with van der Waals surface area (Å²) in [6.07, 6.45) is 1.31. The summed E-state index contributed by atoms with van der Waals surface area (Å²) >= 11 is 5.87. The maximum absolute atomic E-state index is 14.0. The Labute approximate surface area is 136 Å². The van der Waals surface area contributed by atoms with Gasteiger partial charge in [0, 0.05) is 12.1 Å². The third-order valence-electron chi connectivity index (χ3n) is 4.02. The lowest BCUT2D eigenvalue weighted by molar-refractivity contribution is 0.0733. The van der Waals surface area contributed by atoms with Crippen LogP contribution in [0.1, 0.15) is 34.8 Å². The quantitative estimate of drug-likeness (QED) is 0.724. The van der Waals surface area contributed by atoms with Crippen molar-refractivity contribution in [2.24, 2.45) is 0 Å². The first-order valence-electron chi connectivity index (χ1n) is 7.19. The summed E-state index contributed by atoms with van der Waals surface area (Å²) in [4.78, 5) is 14.1. The highest BCUT2D eigenvalue weighted by Gasteiger charge is 2.33. The normalized spacial score (nSPS) is 17.6. The smallest absolute Gasteiger partial charge is 0.255 e. The van der Waals surface area contributed by atoms with Crippen molar-refractivity contribution in [2.45, 2.75) is 18.9 Å². The van der Waals surface area contributed by atoms with E-state index in [2.05, 4.69) is 0 Å². The molecule has 1 fully saturated rings. The average Bonchev–Trinajstić information content (AvgIpc) is 3.00. The van der Waals surface area contributed by atoms with Gasteiger partial charge in [0.05, 0.1) is 16.6 Å². The van der Waals surface area contributed by atoms with Crippen molar-refractivity contribution in [3.05, 3.63) is 70.0 Å². The number of benzene rings is 2. The summed E-state index contributed by atoms with van der Waals surface area (Å²) in [6.45, 7) is 0.410. The average molecular weight is 340 g/mol. The van der Waals surface area contributed by atoms with Crippen LogP contribution in [0.25, 0.3) is 0 Å². The number of hydrogen-bond donors (Lipinski definition) is 0. The topological polar surface area (TPSA) is 20.3 Å². The van der Waals surface area contributed by atoms with E-state index in [1.54, 1.807) is 18.2 Å². The minimum absolute atomic E-state index is 0.117. The third kappa shape index (κ3) is 2.93. The Morgan fingerprint density at radius 3 is 2.52 bits per heavy atom. The van der Waals surface area contributed by atoms with Crippen molar-refractivity contribution in [3.63, 3.8) is 0 Å². The van der Waals surface area contributed by atoms with Gasteiger partial charge in [-0.05, 0) is 31.0 Å². The molecular weight excluding hydrogens is 327 g/mol. The summed E-state index contributed by atoms with van der Waals surface area (Å²) in [5.41, 5.74) is 0.297. The van der Waals surface area contributed by atoms with Crippen molar-refractivity contribution < 1.29 is 18.0 Å². The molecule has 1 heterocycles. The van der Waals surface area contributed by atoms with E-state index in [1.807, 2.05) is 0 Å². The predicted molar refractivity (Wildman–Crippen MR) is 80.8 cm³/mol. The van der Waals surface area contributed by atoms with Gasteiger partial charge in [-0.25, -0.2) is 13.2 Å². The van der Waals surface area contributed by atoms with E-state index in [9.17, 15) is 18.0 Å². The second kappa shape index (κ2) is 6.24. The molecule has 3 rings (SSSR count). The maximum Gasteiger partial charge on any atom is 0.255 e. The number of nitrogens with zero attached hydrogens (tertiary/aromatic N) is 1. The van der Waals surface area contributed by atoms with Gasteiger partial charge in [0.2, 0.25) is 0 Å². The highest BCUT2D eigenvalue weighted by atomic mass is 35.5. The standard InChI is InChI=1S/C17H13ClF3NO/c18-12-9-15(21)14(20)8-11(12)17(23)22-7-3-6-16(22)10-4-1-2-5-13(10)19/h1-2,4-5,8-9,16H,3,6-7H2. The van der Waals surface area contributed by atoms with Crippen LogP contribution >= 0.6 is 11.6 Å². The zero-order valence-corrected chi connectivity index (χ0v) is 12.8. The van der Waals surface area contributed by atoms with Crippen LogP contribution in [0, 0.1) is 17.5 Å². The van der Waals surface area contributed by atoms with Crippen LogP contribution in [0.3, 0.4) is 0 Å². The van der Waals surface area contributed by atoms with Crippen LogP contribution < -0.4 is 0 Å². The van der Waals surface area contributed by atoms with Gasteiger partial charge in [0.15, 0.2) is 11.6 Å². The molecule has 1 aliphatic heterocycles. The first kappa shape index (κ1) is 15.9. The Balaban J connectivity index is 1.96. The highest BCUT2D eigenvalue weighted by molar-refractivity contribution is 6.33. The molecule has 0 saturated carbocycles. The summed E-state index contributed by atoms with van der Waals surface area (Å²) in [5.74, 6) is -3.17. The van der Waals surface area contributed by atoms with Crippen molar-refractivity contribution in [1.82, 2.24) is 4.90 Å². The van der Waals surface area contributed by atoms with Gasteiger partial charge in [-0.3, -0.25) is 4.79 Å². The molecule has 1 saturated heterocycles. The second-order valence-electron chi connectivity index (χ2n) is 5.42. The van der Waals surface area contributed by atoms with E-state index in [-0.39, 0.29) is 10.6 Å². The van der Waals surface area contributed by atoms with Crippen molar-refractivity contribution >= 4 is 17.5 Å². The molecule has 0 spiro atoms. The Hall–Kier alpha value is -2.01. The van der Waals surface area contributed by atoms with Crippen LogP contribution in [-0.2, 0) is 0 Å². The molecule has 0 bridgehead atoms. The lowest BCUT2D eigenvalue weighted by Crippen LogP contribution is -2.31. The van der Waals surface area contributed by atoms with Crippen LogP contribution in [-0.4, -0.2) is 17.4 Å². The monoisotopic (exact) mass is 339 g/mol. The molecule has 1 atom stereocenters. The molecular formula is C17H13ClF3NO. The zero-order valence-electron chi connectivity index (χ0n) is 12.0. The number of rotatable bonds is 2. The van der Waals surface area contributed by atoms with E-state index < -0.39 is 29.4 Å². The predicted octanol–water partition coefficient (Wildman–Crippen LogP) is 4.73. The molecule has 0 radical (unpaired) electrons. The fraction of sp³-hybridized carbons (Fsp3) is 0.235. The number of carbonyl (C=O) groups excluding carboxylic acids is 1. The maximum atomic E-state index is 14.0. The molecule has 0 N–H and O–H groups in total. The molecule has 2 aromatic rings. The fourth-order valence-corrected chi connectivity index (χ4v) is 3.15. The number of hydrogen-bond acceptors (Lipinski definition) is 1. The molecule has 1 unspecified atom stereocenters. The van der Waals surface area contributed by atoms with Gasteiger partial charge >= 0.3 is 0 Å². The van der Waals surface area contributed by atoms with Crippen LogP contribution in [0.15, 0.2) is 36.4 Å². The van der Waals surface area contributed by atoms with Gasteiger partial charge in [0.1, 0.15) is 5.82 Å². The molecule has 1 amide bonds. The SMILES string of the molecule is O=C(c1cc(F)c(F)cc1Cl)N1CCCC1c1ccccc1F. The van der Waals surface area contributed by atoms with E-state index in [0.717, 1.165) is 12.1 Å². The lowest BCUT2D eigenvalue weighted by Gasteiger charge is -2.26. The number of halogens is 4. The van der Waals surface area contributed by atoms with Crippen LogP contribution in [0.5, 0.6) is 0 Å². The second-order valence-corrected chi connectivity index (χ2v) is 5.83. The Kier molecular flexibility index (Phi) is 4.31. The minimum atomic E-state index is -1.14.